The number of amides is 1. The van der Waals surface area contributed by atoms with Gasteiger partial charge in [-0.05, 0) is 49.4 Å². The van der Waals surface area contributed by atoms with E-state index in [-0.39, 0.29) is 11.6 Å². The maximum atomic E-state index is 13.3. The summed E-state index contributed by atoms with van der Waals surface area (Å²) in [6, 6.07) is 5.55. The molecule has 0 bridgehead atoms. The second kappa shape index (κ2) is 7.65. The number of carbonyl (C=O) groups excluding carboxylic acids is 1. The van der Waals surface area contributed by atoms with Crippen molar-refractivity contribution in [2.75, 3.05) is 13.1 Å². The van der Waals surface area contributed by atoms with Crippen LogP contribution in [0.15, 0.2) is 30.5 Å². The van der Waals surface area contributed by atoms with Crippen molar-refractivity contribution in [3.8, 4) is 5.69 Å². The minimum atomic E-state index is -4.89. The Hall–Kier alpha value is -2.84. The number of nitrogens with zero attached hydrogens (tertiary/aromatic N) is 3. The number of alkyl halides is 3. The molecule has 0 spiro atoms. The summed E-state index contributed by atoms with van der Waals surface area (Å²) in [6.45, 7) is 3.29. The van der Waals surface area contributed by atoms with E-state index in [2.05, 4.69) is 5.10 Å². The van der Waals surface area contributed by atoms with Crippen molar-refractivity contribution < 1.29 is 27.9 Å². The summed E-state index contributed by atoms with van der Waals surface area (Å²) >= 11 is 0. The Balaban J connectivity index is 1.88. The Labute approximate surface area is 159 Å². The third kappa shape index (κ3) is 4.18. The van der Waals surface area contributed by atoms with Gasteiger partial charge < -0.3 is 10.0 Å². The van der Waals surface area contributed by atoms with Crippen LogP contribution in [0.4, 0.5) is 13.2 Å². The topological polar surface area (TPSA) is 75.4 Å². The SMILES string of the molecule is CCCN(CC1CC1)C(=O)c1ccc(-n2ncc(C(=O)O)c2C(F)(F)F)cc1. The van der Waals surface area contributed by atoms with E-state index in [9.17, 15) is 22.8 Å². The molecule has 0 atom stereocenters. The Kier molecular flexibility index (Phi) is 5.44. The van der Waals surface area contributed by atoms with Crippen molar-refractivity contribution >= 4 is 11.9 Å². The van der Waals surface area contributed by atoms with Gasteiger partial charge in [0.1, 0.15) is 5.56 Å². The van der Waals surface area contributed by atoms with E-state index in [4.69, 9.17) is 5.11 Å². The quantitative estimate of drug-likeness (QED) is 0.773. The lowest BCUT2D eigenvalue weighted by atomic mass is 10.1. The molecular formula is C19H20F3N3O3. The van der Waals surface area contributed by atoms with Crippen LogP contribution in [0, 0.1) is 5.92 Å². The summed E-state index contributed by atoms with van der Waals surface area (Å²) in [5, 5.41) is 12.6. The second-order valence-electron chi connectivity index (χ2n) is 6.86. The van der Waals surface area contributed by atoms with E-state index >= 15 is 0 Å². The largest absolute Gasteiger partial charge is 0.478 e. The zero-order valence-corrected chi connectivity index (χ0v) is 15.2. The Morgan fingerprint density at radius 1 is 1.25 bits per heavy atom. The molecular weight excluding hydrogens is 375 g/mol. The standard InChI is InChI=1S/C19H20F3N3O3/c1-2-9-24(11-12-3-4-12)17(26)13-5-7-14(8-6-13)25-16(19(20,21)22)15(10-23-25)18(27)28/h5-8,10,12H,2-4,9,11H2,1H3,(H,27,28). The smallest absolute Gasteiger partial charge is 0.434 e. The van der Waals surface area contributed by atoms with E-state index in [1.165, 1.54) is 24.3 Å². The van der Waals surface area contributed by atoms with Crippen LogP contribution in [0.2, 0.25) is 0 Å². The lowest BCUT2D eigenvalue weighted by Crippen LogP contribution is -2.33. The maximum absolute atomic E-state index is 13.3. The number of hydrogen-bond donors (Lipinski definition) is 1. The fraction of sp³-hybridized carbons (Fsp3) is 0.421. The number of benzene rings is 1. The third-order valence-electron chi connectivity index (χ3n) is 4.58. The molecule has 150 valence electrons. The number of carboxylic acids is 1. The zero-order valence-electron chi connectivity index (χ0n) is 15.2. The first-order valence-electron chi connectivity index (χ1n) is 9.00. The summed E-state index contributed by atoms with van der Waals surface area (Å²) in [6.07, 6.45) is -1.18. The summed E-state index contributed by atoms with van der Waals surface area (Å²) in [7, 11) is 0. The highest BCUT2D eigenvalue weighted by molar-refractivity contribution is 5.94. The first-order valence-corrected chi connectivity index (χ1v) is 9.00. The normalized spacial score (nSPS) is 14.1. The fourth-order valence-electron chi connectivity index (χ4n) is 3.06. The summed E-state index contributed by atoms with van der Waals surface area (Å²) in [5.74, 6) is -1.34. The number of carbonyl (C=O) groups is 2. The van der Waals surface area contributed by atoms with E-state index in [0.717, 1.165) is 19.3 Å². The molecule has 1 aliphatic rings. The van der Waals surface area contributed by atoms with E-state index in [1.807, 2.05) is 6.92 Å². The predicted molar refractivity (Wildman–Crippen MR) is 94.4 cm³/mol. The molecule has 0 saturated heterocycles. The van der Waals surface area contributed by atoms with Gasteiger partial charge >= 0.3 is 12.1 Å². The van der Waals surface area contributed by atoms with Gasteiger partial charge in [-0.25, -0.2) is 9.48 Å². The Morgan fingerprint density at radius 2 is 1.89 bits per heavy atom. The van der Waals surface area contributed by atoms with E-state index in [0.29, 0.717) is 35.4 Å². The van der Waals surface area contributed by atoms with E-state index < -0.39 is 23.4 Å². The number of halogens is 3. The zero-order chi connectivity index (χ0) is 20.5. The van der Waals surface area contributed by atoms with Gasteiger partial charge in [0, 0.05) is 18.7 Å². The van der Waals surface area contributed by atoms with Crippen molar-refractivity contribution in [2.24, 2.45) is 5.92 Å². The van der Waals surface area contributed by atoms with Crippen LogP contribution >= 0.6 is 0 Å². The molecule has 1 aromatic carbocycles. The molecule has 0 radical (unpaired) electrons. The highest BCUT2D eigenvalue weighted by Gasteiger charge is 2.40. The van der Waals surface area contributed by atoms with Crippen molar-refractivity contribution in [2.45, 2.75) is 32.4 Å². The molecule has 6 nitrogen and oxygen atoms in total. The average Bonchev–Trinajstić information content (AvgIpc) is 3.33. The molecule has 2 aromatic rings. The van der Waals surface area contributed by atoms with Crippen LogP contribution in [0.3, 0.4) is 0 Å². The van der Waals surface area contributed by atoms with Gasteiger partial charge in [-0.1, -0.05) is 6.92 Å². The molecule has 3 rings (SSSR count). The van der Waals surface area contributed by atoms with Gasteiger partial charge in [0.25, 0.3) is 5.91 Å². The van der Waals surface area contributed by atoms with Crippen LogP contribution in [-0.2, 0) is 6.18 Å². The fourth-order valence-corrected chi connectivity index (χ4v) is 3.06. The van der Waals surface area contributed by atoms with Crippen LogP contribution in [0.1, 0.15) is 52.6 Å². The lowest BCUT2D eigenvalue weighted by molar-refractivity contribution is -0.143. The second-order valence-corrected chi connectivity index (χ2v) is 6.86. The maximum Gasteiger partial charge on any atom is 0.434 e. The monoisotopic (exact) mass is 395 g/mol. The molecule has 0 aliphatic heterocycles. The highest BCUT2D eigenvalue weighted by Crippen LogP contribution is 2.34. The van der Waals surface area contributed by atoms with Crippen molar-refractivity contribution in [3.63, 3.8) is 0 Å². The van der Waals surface area contributed by atoms with Crippen molar-refractivity contribution in [1.29, 1.82) is 0 Å². The van der Waals surface area contributed by atoms with Gasteiger partial charge in [-0.3, -0.25) is 4.79 Å². The van der Waals surface area contributed by atoms with Gasteiger partial charge in [0.2, 0.25) is 0 Å². The number of hydrogen-bond acceptors (Lipinski definition) is 3. The summed E-state index contributed by atoms with van der Waals surface area (Å²) in [5.41, 5.74) is -1.88. The first kappa shape index (κ1) is 19.9. The molecule has 0 unspecified atom stereocenters. The molecule has 28 heavy (non-hydrogen) atoms. The molecule has 1 N–H and O–H groups in total. The average molecular weight is 395 g/mol. The van der Waals surface area contributed by atoms with Crippen LogP contribution < -0.4 is 0 Å². The van der Waals surface area contributed by atoms with Crippen LogP contribution in [-0.4, -0.2) is 44.8 Å². The number of rotatable bonds is 7. The first-order chi connectivity index (χ1) is 13.2. The molecule has 1 saturated carbocycles. The van der Waals surface area contributed by atoms with Crippen LogP contribution in [0.5, 0.6) is 0 Å². The van der Waals surface area contributed by atoms with Crippen molar-refractivity contribution in [1.82, 2.24) is 14.7 Å². The van der Waals surface area contributed by atoms with Gasteiger partial charge in [-0.15, -0.1) is 0 Å². The lowest BCUT2D eigenvalue weighted by Gasteiger charge is -2.22. The van der Waals surface area contributed by atoms with Gasteiger partial charge in [-0.2, -0.15) is 18.3 Å². The summed E-state index contributed by atoms with van der Waals surface area (Å²) < 4.78 is 40.5. The summed E-state index contributed by atoms with van der Waals surface area (Å²) in [4.78, 5) is 25.6. The molecule has 9 heteroatoms. The molecule has 1 heterocycles. The molecule has 1 amide bonds. The van der Waals surface area contributed by atoms with Crippen molar-refractivity contribution in [3.05, 3.63) is 47.3 Å². The van der Waals surface area contributed by atoms with Crippen LogP contribution in [0.25, 0.3) is 5.69 Å². The Morgan fingerprint density at radius 3 is 2.39 bits per heavy atom. The number of carboxylic acid groups (broad SMARTS) is 1. The molecule has 1 fully saturated rings. The van der Waals surface area contributed by atoms with Gasteiger partial charge in [0.05, 0.1) is 11.9 Å². The minimum Gasteiger partial charge on any atom is -0.478 e. The van der Waals surface area contributed by atoms with Gasteiger partial charge in [0.15, 0.2) is 5.69 Å². The predicted octanol–water partition coefficient (Wildman–Crippen LogP) is 3.85. The minimum absolute atomic E-state index is 0.0283. The molecule has 1 aromatic heterocycles. The third-order valence-corrected chi connectivity index (χ3v) is 4.58. The molecule has 1 aliphatic carbocycles. The number of aromatic carboxylic acids is 1. The number of aromatic nitrogens is 2. The van der Waals surface area contributed by atoms with E-state index in [1.54, 1.807) is 4.90 Å². The Bertz CT molecular complexity index is 871. The highest BCUT2D eigenvalue weighted by atomic mass is 19.4.